The number of halogens is 2. The first-order chi connectivity index (χ1) is 21.6. The van der Waals surface area contributed by atoms with Crippen LogP contribution in [0, 0.1) is 11.8 Å². The number of nitrogens with one attached hydrogen (secondary N) is 2. The van der Waals surface area contributed by atoms with Gasteiger partial charge >= 0.3 is 0 Å². The summed E-state index contributed by atoms with van der Waals surface area (Å²) in [5.74, 6) is 0.381. The number of hydrogen-bond donors (Lipinski definition) is 7. The standard InChI is InChI=1S/C31H55ClFN5O7/c32-21-15-34-31(35-16-21)36-7-5-19(6-8-36)2-1-11-45-22-4-3-20(23(33)13-22)12-28(42)38-10-9-37(24-14-25(24)38)17-26(40)29(43)30(44)27(41)18-39/h19-27,29-31,34-35,39-41,43-44H,1-18H2/t20?,21?,22?,23?,24?,25?,26-,27+,29+,30+,31?/m0/s1. The third kappa shape index (κ3) is 9.47. The van der Waals surface area contributed by atoms with Gasteiger partial charge < -0.3 is 35.2 Å². The molecule has 2 aliphatic carbocycles. The number of piperazine rings is 1. The molecule has 5 rings (SSSR count). The zero-order chi connectivity index (χ0) is 32.1. The van der Waals surface area contributed by atoms with E-state index in [1.807, 2.05) is 9.80 Å². The highest BCUT2D eigenvalue weighted by atomic mass is 35.5. The molecule has 260 valence electrons. The Morgan fingerprint density at radius 3 is 2.33 bits per heavy atom. The summed E-state index contributed by atoms with van der Waals surface area (Å²) < 4.78 is 21.3. The molecular weight excluding hydrogens is 609 g/mol. The van der Waals surface area contributed by atoms with Gasteiger partial charge in [-0.1, -0.05) is 0 Å². The lowest BCUT2D eigenvalue weighted by Crippen LogP contribution is -2.62. The fourth-order valence-corrected chi connectivity index (χ4v) is 7.96. The van der Waals surface area contributed by atoms with Crippen molar-refractivity contribution in [2.45, 2.75) is 118 Å². The van der Waals surface area contributed by atoms with Crippen molar-refractivity contribution in [2.24, 2.45) is 11.8 Å². The first kappa shape index (κ1) is 35.6. The average molecular weight is 664 g/mol. The van der Waals surface area contributed by atoms with Crippen LogP contribution >= 0.6 is 11.6 Å². The third-order valence-electron chi connectivity index (χ3n) is 10.8. The lowest BCUT2D eigenvalue weighted by atomic mass is 9.83. The number of aliphatic hydroxyl groups is 5. The summed E-state index contributed by atoms with van der Waals surface area (Å²) in [6.45, 7) is 4.79. The van der Waals surface area contributed by atoms with Crippen LogP contribution in [0.25, 0.3) is 0 Å². The fraction of sp³-hybridized carbons (Fsp3) is 0.968. The number of amides is 1. The average Bonchev–Trinajstić information content (AvgIpc) is 3.85. The predicted octanol–water partition coefficient (Wildman–Crippen LogP) is -0.803. The van der Waals surface area contributed by atoms with E-state index in [0.29, 0.717) is 38.5 Å². The quantitative estimate of drug-likeness (QED) is 0.0921. The van der Waals surface area contributed by atoms with E-state index in [1.54, 1.807) is 0 Å². The van der Waals surface area contributed by atoms with Crippen LogP contribution in [0.2, 0.25) is 0 Å². The first-order valence-electron chi connectivity index (χ1n) is 17.1. The number of β-amino-alcohol motifs (C(OH)–C–C–N with tert-alkyl or cyclic N) is 1. The molecule has 5 unspecified atom stereocenters. The number of carbonyl (C=O) groups is 1. The van der Waals surface area contributed by atoms with Gasteiger partial charge in [-0.25, -0.2) is 4.39 Å². The second kappa shape index (κ2) is 16.6. The van der Waals surface area contributed by atoms with Crippen molar-refractivity contribution in [1.82, 2.24) is 25.3 Å². The van der Waals surface area contributed by atoms with E-state index in [-0.39, 0.29) is 54.6 Å². The highest BCUT2D eigenvalue weighted by molar-refractivity contribution is 6.21. The number of rotatable bonds is 14. The molecule has 2 saturated carbocycles. The van der Waals surface area contributed by atoms with Crippen LogP contribution in [0.1, 0.15) is 57.8 Å². The van der Waals surface area contributed by atoms with Crippen LogP contribution < -0.4 is 10.6 Å². The maximum atomic E-state index is 15.2. The summed E-state index contributed by atoms with van der Waals surface area (Å²) in [5.41, 5.74) is 0. The van der Waals surface area contributed by atoms with Gasteiger partial charge in [0.25, 0.3) is 0 Å². The Balaban J connectivity index is 0.937. The number of alkyl halides is 2. The molecule has 14 heteroatoms. The summed E-state index contributed by atoms with van der Waals surface area (Å²) in [6, 6.07) is 0.0557. The van der Waals surface area contributed by atoms with E-state index < -0.39 is 37.2 Å². The summed E-state index contributed by atoms with van der Waals surface area (Å²) >= 11 is 6.16. The lowest BCUT2D eigenvalue weighted by Gasteiger charge is -2.41. The first-order valence-corrected chi connectivity index (χ1v) is 17.5. The normalized spacial score (nSPS) is 36.2. The molecule has 5 aliphatic rings. The topological polar surface area (TPSA) is 161 Å². The van der Waals surface area contributed by atoms with Crippen molar-refractivity contribution in [3.8, 4) is 0 Å². The SMILES string of the molecule is O=C(CC1CCC(OCCCC2CCN(C3NCC(Cl)CN3)CC2)CC1F)N1CCN(C[C@H](O)[C@@H](O)[C@H](O)[C@H](O)CO)C2CC21. The van der Waals surface area contributed by atoms with Crippen molar-refractivity contribution in [1.29, 1.82) is 0 Å². The Labute approximate surface area is 271 Å². The molecule has 0 aromatic carbocycles. The van der Waals surface area contributed by atoms with Crippen molar-refractivity contribution < 1.29 is 39.5 Å². The number of likely N-dealkylation sites (tertiary alicyclic amines) is 1. The number of nitrogens with zero attached hydrogens (tertiary/aromatic N) is 3. The Morgan fingerprint density at radius 1 is 0.933 bits per heavy atom. The van der Waals surface area contributed by atoms with Gasteiger partial charge in [-0.2, -0.15) is 0 Å². The summed E-state index contributed by atoms with van der Waals surface area (Å²) in [7, 11) is 0. The van der Waals surface area contributed by atoms with Crippen LogP contribution in [0.3, 0.4) is 0 Å². The van der Waals surface area contributed by atoms with Gasteiger partial charge in [0.1, 0.15) is 30.8 Å². The second-order valence-corrected chi connectivity index (χ2v) is 14.6. The van der Waals surface area contributed by atoms with Gasteiger partial charge in [0.05, 0.1) is 24.2 Å². The molecule has 0 bridgehead atoms. The third-order valence-corrected chi connectivity index (χ3v) is 11.1. The van der Waals surface area contributed by atoms with Gasteiger partial charge in [-0.3, -0.25) is 25.2 Å². The molecule has 1 amide bonds. The van der Waals surface area contributed by atoms with E-state index in [0.717, 1.165) is 51.9 Å². The summed E-state index contributed by atoms with van der Waals surface area (Å²) in [6.07, 6.45) is 0.163. The van der Waals surface area contributed by atoms with Gasteiger partial charge in [0.2, 0.25) is 5.91 Å². The van der Waals surface area contributed by atoms with Crippen molar-refractivity contribution in [2.75, 3.05) is 59.0 Å². The highest BCUT2D eigenvalue weighted by Gasteiger charge is 2.51. The van der Waals surface area contributed by atoms with Crippen molar-refractivity contribution >= 4 is 17.5 Å². The number of ether oxygens (including phenoxy) is 1. The second-order valence-electron chi connectivity index (χ2n) is 14.0. The number of hydrogen-bond acceptors (Lipinski definition) is 11. The van der Waals surface area contributed by atoms with Gasteiger partial charge in [-0.05, 0) is 56.8 Å². The Hall–Kier alpha value is -0.710. The maximum absolute atomic E-state index is 15.2. The zero-order valence-electron chi connectivity index (χ0n) is 26.3. The van der Waals surface area contributed by atoms with E-state index in [1.165, 1.54) is 12.8 Å². The molecule has 7 N–H and O–H groups in total. The molecule has 5 fully saturated rings. The molecular formula is C31H55ClFN5O7. The lowest BCUT2D eigenvalue weighted by molar-refractivity contribution is -0.137. The summed E-state index contributed by atoms with van der Waals surface area (Å²) in [5, 5.41) is 56.0. The fourth-order valence-electron chi connectivity index (χ4n) is 7.78. The zero-order valence-corrected chi connectivity index (χ0v) is 27.1. The van der Waals surface area contributed by atoms with Gasteiger partial charge in [0, 0.05) is 77.3 Å². The smallest absolute Gasteiger partial charge is 0.223 e. The number of carbonyl (C=O) groups excluding carboxylic acids is 1. The minimum absolute atomic E-state index is 0.00718. The monoisotopic (exact) mass is 663 g/mol. The molecule has 45 heavy (non-hydrogen) atoms. The maximum Gasteiger partial charge on any atom is 0.223 e. The van der Waals surface area contributed by atoms with Crippen LogP contribution in [0.5, 0.6) is 0 Å². The van der Waals surface area contributed by atoms with E-state index in [4.69, 9.17) is 21.4 Å². The van der Waals surface area contributed by atoms with Gasteiger partial charge in [0.15, 0.2) is 0 Å². The van der Waals surface area contributed by atoms with E-state index in [9.17, 15) is 25.2 Å². The van der Waals surface area contributed by atoms with E-state index >= 15 is 4.39 Å². The minimum atomic E-state index is -1.66. The molecule has 12 nitrogen and oxygen atoms in total. The van der Waals surface area contributed by atoms with Crippen LogP contribution in [0.4, 0.5) is 4.39 Å². The molecule has 0 aromatic heterocycles. The molecule has 0 spiro atoms. The Morgan fingerprint density at radius 2 is 1.64 bits per heavy atom. The highest BCUT2D eigenvalue weighted by Crippen LogP contribution is 2.39. The van der Waals surface area contributed by atoms with Crippen molar-refractivity contribution in [3.05, 3.63) is 0 Å². The Bertz CT molecular complexity index is 931. The van der Waals surface area contributed by atoms with Crippen LogP contribution in [-0.4, -0.2) is 166 Å². The van der Waals surface area contributed by atoms with E-state index in [2.05, 4.69) is 15.5 Å². The number of aliphatic hydroxyl groups excluding tert-OH is 5. The minimum Gasteiger partial charge on any atom is -0.394 e. The molecule has 0 radical (unpaired) electrons. The molecule has 3 aliphatic heterocycles. The number of piperidine rings is 1. The Kier molecular flexibility index (Phi) is 13.1. The number of fused-ring (bicyclic) bond motifs is 1. The van der Waals surface area contributed by atoms with Crippen molar-refractivity contribution in [3.63, 3.8) is 0 Å². The van der Waals surface area contributed by atoms with Gasteiger partial charge in [-0.15, -0.1) is 11.6 Å². The molecule has 3 saturated heterocycles. The predicted molar refractivity (Wildman–Crippen MR) is 166 cm³/mol. The molecule has 0 aromatic rings. The van der Waals surface area contributed by atoms with Crippen LogP contribution in [0.15, 0.2) is 0 Å². The molecule has 3 heterocycles. The van der Waals surface area contributed by atoms with Crippen LogP contribution in [-0.2, 0) is 9.53 Å². The largest absolute Gasteiger partial charge is 0.394 e. The summed E-state index contributed by atoms with van der Waals surface area (Å²) in [4.78, 5) is 19.5. The molecule has 9 atom stereocenters.